The van der Waals surface area contributed by atoms with Crippen molar-refractivity contribution in [3.05, 3.63) is 28.0 Å². The van der Waals surface area contributed by atoms with Crippen molar-refractivity contribution >= 4 is 21.6 Å². The van der Waals surface area contributed by atoms with Gasteiger partial charge in [0.1, 0.15) is 5.56 Å². The average molecular weight is 332 g/mol. The lowest BCUT2D eigenvalue weighted by molar-refractivity contribution is -0.140. The molecule has 0 spiro atoms. The molecule has 1 aromatic carbocycles. The van der Waals surface area contributed by atoms with E-state index in [1.54, 1.807) is 0 Å². The molecule has 102 valence electrons. The Kier molecular flexibility index (Phi) is 4.94. The summed E-state index contributed by atoms with van der Waals surface area (Å²) in [5.41, 5.74) is -1.80. The minimum atomic E-state index is -4.82. The first-order valence-corrected chi connectivity index (χ1v) is 5.64. The topological polar surface area (TPSA) is 52.5 Å². The van der Waals surface area contributed by atoms with Crippen LogP contribution in [0.15, 0.2) is 16.6 Å². The minimum Gasteiger partial charge on any atom is -0.394 e. The third-order valence-electron chi connectivity index (χ3n) is 2.11. The normalized spacial score (nSPS) is 13.5. The van der Waals surface area contributed by atoms with Gasteiger partial charge >= 0.3 is 6.18 Å². The lowest BCUT2D eigenvalue weighted by Gasteiger charge is -2.15. The SMILES string of the molecule is OCC(O)CNc1ccc(Br)c(C(F)(F)F)c1F. The molecule has 0 saturated heterocycles. The highest BCUT2D eigenvalue weighted by molar-refractivity contribution is 9.10. The Bertz CT molecular complexity index is 425. The van der Waals surface area contributed by atoms with E-state index in [4.69, 9.17) is 10.2 Å². The summed E-state index contributed by atoms with van der Waals surface area (Å²) in [6, 6.07) is 2.16. The second-order valence-electron chi connectivity index (χ2n) is 3.50. The number of hydrogen-bond donors (Lipinski definition) is 3. The predicted octanol–water partition coefficient (Wildman–Crippen LogP) is 2.37. The van der Waals surface area contributed by atoms with Crippen LogP contribution in [0.1, 0.15) is 5.56 Å². The fraction of sp³-hybridized carbons (Fsp3) is 0.400. The van der Waals surface area contributed by atoms with Gasteiger partial charge in [0.15, 0.2) is 5.82 Å². The highest BCUT2D eigenvalue weighted by atomic mass is 79.9. The third kappa shape index (κ3) is 3.56. The van der Waals surface area contributed by atoms with E-state index in [1.807, 2.05) is 0 Å². The molecule has 0 aliphatic carbocycles. The summed E-state index contributed by atoms with van der Waals surface area (Å²) in [6.45, 7) is -0.830. The summed E-state index contributed by atoms with van der Waals surface area (Å²) in [5.74, 6) is -1.46. The zero-order valence-corrected chi connectivity index (χ0v) is 10.5. The Morgan fingerprint density at radius 1 is 1.33 bits per heavy atom. The lowest BCUT2D eigenvalue weighted by atomic mass is 10.1. The molecule has 0 aliphatic rings. The molecule has 0 saturated carbocycles. The van der Waals surface area contributed by atoms with E-state index in [-0.39, 0.29) is 6.54 Å². The van der Waals surface area contributed by atoms with Crippen molar-refractivity contribution < 1.29 is 27.8 Å². The number of alkyl halides is 3. The Morgan fingerprint density at radius 2 is 1.94 bits per heavy atom. The Hall–Kier alpha value is -0.860. The van der Waals surface area contributed by atoms with Gasteiger partial charge in [-0.2, -0.15) is 13.2 Å². The first kappa shape index (κ1) is 15.2. The number of benzene rings is 1. The molecule has 1 rings (SSSR count). The van der Waals surface area contributed by atoms with Crippen LogP contribution in [0.4, 0.5) is 23.2 Å². The van der Waals surface area contributed by atoms with Crippen molar-refractivity contribution in [1.29, 1.82) is 0 Å². The molecule has 18 heavy (non-hydrogen) atoms. The maximum absolute atomic E-state index is 13.6. The van der Waals surface area contributed by atoms with Gasteiger partial charge in [-0.05, 0) is 12.1 Å². The molecule has 1 aromatic rings. The predicted molar refractivity (Wildman–Crippen MR) is 60.7 cm³/mol. The maximum atomic E-state index is 13.6. The number of anilines is 1. The van der Waals surface area contributed by atoms with Gasteiger partial charge in [0.05, 0.1) is 18.4 Å². The summed E-state index contributed by atoms with van der Waals surface area (Å²) >= 11 is 2.63. The fourth-order valence-electron chi connectivity index (χ4n) is 1.24. The van der Waals surface area contributed by atoms with E-state index in [0.717, 1.165) is 12.1 Å². The second kappa shape index (κ2) is 5.85. The third-order valence-corrected chi connectivity index (χ3v) is 2.77. The van der Waals surface area contributed by atoms with Crippen LogP contribution in [-0.4, -0.2) is 29.5 Å². The van der Waals surface area contributed by atoms with Gasteiger partial charge in [-0.1, -0.05) is 15.9 Å². The van der Waals surface area contributed by atoms with Gasteiger partial charge in [-0.15, -0.1) is 0 Å². The van der Waals surface area contributed by atoms with Gasteiger partial charge in [0.25, 0.3) is 0 Å². The standard InChI is InChI=1S/C10H10BrF4NO2/c11-6-1-2-7(16-3-5(18)4-17)9(12)8(6)10(13,14)15/h1-2,5,16-18H,3-4H2. The van der Waals surface area contributed by atoms with Crippen molar-refractivity contribution in [2.45, 2.75) is 12.3 Å². The van der Waals surface area contributed by atoms with Gasteiger partial charge in [-0.25, -0.2) is 4.39 Å². The molecule has 3 N–H and O–H groups in total. The number of nitrogens with one attached hydrogen (secondary N) is 1. The number of hydrogen-bond acceptors (Lipinski definition) is 3. The number of aliphatic hydroxyl groups is 2. The number of halogens is 5. The molecule has 1 unspecified atom stereocenters. The quantitative estimate of drug-likeness (QED) is 0.742. The highest BCUT2D eigenvalue weighted by Gasteiger charge is 2.37. The van der Waals surface area contributed by atoms with Gasteiger partial charge < -0.3 is 15.5 Å². The molecule has 0 aromatic heterocycles. The van der Waals surface area contributed by atoms with E-state index < -0.39 is 40.4 Å². The summed E-state index contributed by atoms with van der Waals surface area (Å²) < 4.78 is 50.9. The molecule has 0 amide bonds. The zero-order valence-electron chi connectivity index (χ0n) is 8.93. The Labute approximate surface area is 109 Å². The summed E-state index contributed by atoms with van der Waals surface area (Å²) in [4.78, 5) is 0. The monoisotopic (exact) mass is 331 g/mol. The maximum Gasteiger partial charge on any atom is 0.420 e. The van der Waals surface area contributed by atoms with Crippen molar-refractivity contribution in [1.82, 2.24) is 0 Å². The van der Waals surface area contributed by atoms with E-state index in [9.17, 15) is 17.6 Å². The van der Waals surface area contributed by atoms with Crippen LogP contribution in [0.2, 0.25) is 0 Å². The van der Waals surface area contributed by atoms with Gasteiger partial charge in [-0.3, -0.25) is 0 Å². The summed E-state index contributed by atoms with van der Waals surface area (Å²) in [6.07, 6.45) is -6.00. The molecular weight excluding hydrogens is 322 g/mol. The van der Waals surface area contributed by atoms with Crippen LogP contribution in [0.3, 0.4) is 0 Å². The Balaban J connectivity index is 3.02. The molecule has 1 atom stereocenters. The van der Waals surface area contributed by atoms with Crippen LogP contribution in [0.5, 0.6) is 0 Å². The van der Waals surface area contributed by atoms with Crippen LogP contribution >= 0.6 is 15.9 Å². The highest BCUT2D eigenvalue weighted by Crippen LogP contribution is 2.39. The zero-order chi connectivity index (χ0) is 13.9. The molecule has 0 aliphatic heterocycles. The van der Waals surface area contributed by atoms with Crippen LogP contribution in [0, 0.1) is 5.82 Å². The van der Waals surface area contributed by atoms with Crippen molar-refractivity contribution in [2.75, 3.05) is 18.5 Å². The van der Waals surface area contributed by atoms with Crippen LogP contribution < -0.4 is 5.32 Å². The molecule has 3 nitrogen and oxygen atoms in total. The molecule has 0 heterocycles. The number of aliphatic hydroxyl groups excluding tert-OH is 2. The largest absolute Gasteiger partial charge is 0.420 e. The van der Waals surface area contributed by atoms with Crippen molar-refractivity contribution in [2.24, 2.45) is 0 Å². The first-order valence-electron chi connectivity index (χ1n) is 4.85. The Morgan fingerprint density at radius 3 is 2.44 bits per heavy atom. The number of rotatable bonds is 4. The van der Waals surface area contributed by atoms with E-state index in [0.29, 0.717) is 0 Å². The first-order chi connectivity index (χ1) is 8.27. The van der Waals surface area contributed by atoms with Gasteiger partial charge in [0.2, 0.25) is 0 Å². The molecular formula is C10H10BrF4NO2. The molecule has 0 radical (unpaired) electrons. The van der Waals surface area contributed by atoms with E-state index >= 15 is 0 Å². The van der Waals surface area contributed by atoms with Crippen molar-refractivity contribution in [3.8, 4) is 0 Å². The van der Waals surface area contributed by atoms with E-state index in [1.165, 1.54) is 0 Å². The average Bonchev–Trinajstić information content (AvgIpc) is 2.25. The smallest absolute Gasteiger partial charge is 0.394 e. The lowest BCUT2D eigenvalue weighted by Crippen LogP contribution is -2.24. The van der Waals surface area contributed by atoms with E-state index in [2.05, 4.69) is 21.2 Å². The van der Waals surface area contributed by atoms with Crippen LogP contribution in [0.25, 0.3) is 0 Å². The summed E-state index contributed by atoms with van der Waals surface area (Å²) in [7, 11) is 0. The molecule has 0 bridgehead atoms. The fourth-order valence-corrected chi connectivity index (χ4v) is 1.77. The van der Waals surface area contributed by atoms with Crippen molar-refractivity contribution in [3.63, 3.8) is 0 Å². The van der Waals surface area contributed by atoms with Gasteiger partial charge in [0, 0.05) is 11.0 Å². The summed E-state index contributed by atoms with van der Waals surface area (Å²) in [5, 5.41) is 19.9. The molecule has 8 heteroatoms. The second-order valence-corrected chi connectivity index (χ2v) is 4.35. The minimum absolute atomic E-state index is 0.258. The van der Waals surface area contributed by atoms with Crippen LogP contribution in [-0.2, 0) is 6.18 Å². The molecule has 0 fully saturated rings.